The molecule has 2 heterocycles. The summed E-state index contributed by atoms with van der Waals surface area (Å²) in [4.78, 5) is 17.9. The molecule has 5 heteroatoms. The summed E-state index contributed by atoms with van der Waals surface area (Å²) in [5.74, 6) is -0.216. The molecule has 1 aromatic carbocycles. The van der Waals surface area contributed by atoms with Crippen LogP contribution in [0.4, 0.5) is 11.4 Å². The van der Waals surface area contributed by atoms with Gasteiger partial charge in [-0.1, -0.05) is 12.1 Å². The number of carbonyl (C=O) groups is 1. The molecule has 0 aliphatic carbocycles. The fourth-order valence-electron chi connectivity index (χ4n) is 2.39. The Hall–Kier alpha value is -2.56. The van der Waals surface area contributed by atoms with E-state index in [2.05, 4.69) is 4.98 Å². The summed E-state index contributed by atoms with van der Waals surface area (Å²) in [6.45, 7) is 0.595. The van der Waals surface area contributed by atoms with Crippen molar-refractivity contribution >= 4 is 17.3 Å². The molecule has 2 aromatic rings. The van der Waals surface area contributed by atoms with Crippen LogP contribution in [0.1, 0.15) is 15.9 Å². The van der Waals surface area contributed by atoms with Crippen molar-refractivity contribution in [3.63, 3.8) is 0 Å². The Morgan fingerprint density at radius 2 is 2.21 bits per heavy atom. The lowest BCUT2D eigenvalue weighted by molar-refractivity contribution is 0.0988. The predicted octanol–water partition coefficient (Wildman–Crippen LogP) is 1.57. The molecule has 1 aliphatic heterocycles. The zero-order chi connectivity index (χ0) is 13.4. The van der Waals surface area contributed by atoms with Crippen LogP contribution in [0.25, 0.3) is 0 Å². The highest BCUT2D eigenvalue weighted by molar-refractivity contribution is 6.09. The van der Waals surface area contributed by atoms with Gasteiger partial charge in [-0.05, 0) is 24.1 Å². The van der Waals surface area contributed by atoms with Gasteiger partial charge in [-0.15, -0.1) is 0 Å². The lowest BCUT2D eigenvalue weighted by atomic mass is 10.1. The average molecular weight is 255 g/mol. The molecule has 5 nitrogen and oxygen atoms in total. The first kappa shape index (κ1) is 11.5. The average Bonchev–Trinajstić information content (AvgIpc) is 2.83. The number of carbonyl (C=O) groups excluding carboxylic acids is 1. The van der Waals surface area contributed by atoms with E-state index in [0.717, 1.165) is 17.7 Å². The quantitative estimate of drug-likeness (QED) is 0.758. The van der Waals surface area contributed by atoms with Crippen LogP contribution in [0.2, 0.25) is 0 Å². The van der Waals surface area contributed by atoms with Crippen LogP contribution >= 0.6 is 0 Å². The van der Waals surface area contributed by atoms with E-state index >= 15 is 0 Å². The van der Waals surface area contributed by atoms with Gasteiger partial charge in [0.15, 0.2) is 0 Å². The minimum absolute atomic E-state index is 0.0219. The van der Waals surface area contributed by atoms with E-state index in [9.17, 15) is 9.90 Å². The van der Waals surface area contributed by atoms with Crippen LogP contribution in [0.5, 0.6) is 5.75 Å². The Labute approximate surface area is 110 Å². The van der Waals surface area contributed by atoms with E-state index in [1.807, 2.05) is 12.1 Å². The van der Waals surface area contributed by atoms with Gasteiger partial charge in [0.05, 0.1) is 23.1 Å². The van der Waals surface area contributed by atoms with Crippen LogP contribution in [0.3, 0.4) is 0 Å². The highest BCUT2D eigenvalue weighted by atomic mass is 16.3. The first-order valence-corrected chi connectivity index (χ1v) is 6.00. The lowest BCUT2D eigenvalue weighted by Gasteiger charge is -2.18. The largest absolute Gasteiger partial charge is 0.506 e. The molecule has 19 heavy (non-hydrogen) atoms. The predicted molar refractivity (Wildman–Crippen MR) is 72.1 cm³/mol. The van der Waals surface area contributed by atoms with Crippen molar-refractivity contribution in [2.75, 3.05) is 17.2 Å². The van der Waals surface area contributed by atoms with E-state index in [4.69, 9.17) is 5.73 Å². The summed E-state index contributed by atoms with van der Waals surface area (Å²) in [7, 11) is 0. The highest BCUT2D eigenvalue weighted by Gasteiger charge is 2.27. The molecule has 96 valence electrons. The molecule has 0 atom stereocenters. The number of rotatable bonds is 1. The molecule has 3 rings (SSSR count). The maximum atomic E-state index is 12.4. The van der Waals surface area contributed by atoms with Gasteiger partial charge in [0.1, 0.15) is 5.75 Å². The second-order valence-electron chi connectivity index (χ2n) is 4.49. The third-order valence-electron chi connectivity index (χ3n) is 3.24. The molecule has 0 fully saturated rings. The number of fused-ring (bicyclic) bond motifs is 1. The Morgan fingerprint density at radius 3 is 3.00 bits per heavy atom. The Bertz CT molecular complexity index is 655. The van der Waals surface area contributed by atoms with Gasteiger partial charge in [0.25, 0.3) is 5.91 Å². The second kappa shape index (κ2) is 4.28. The zero-order valence-corrected chi connectivity index (χ0v) is 10.2. The molecule has 1 amide bonds. The number of aromatic nitrogens is 1. The Kier molecular flexibility index (Phi) is 2.59. The summed E-state index contributed by atoms with van der Waals surface area (Å²) in [5.41, 5.74) is 8.75. The summed E-state index contributed by atoms with van der Waals surface area (Å²) in [6.07, 6.45) is 3.53. The van der Waals surface area contributed by atoms with Crippen molar-refractivity contribution in [1.82, 2.24) is 4.98 Å². The number of nitrogen functional groups attached to an aromatic ring is 1. The number of benzene rings is 1. The maximum Gasteiger partial charge on any atom is 0.260 e. The number of hydrogen-bond acceptors (Lipinski definition) is 4. The summed E-state index contributed by atoms with van der Waals surface area (Å²) < 4.78 is 0. The number of aromatic hydroxyl groups is 1. The number of para-hydroxylation sites is 1. The molecule has 1 aliphatic rings. The number of hydrogen-bond donors (Lipinski definition) is 2. The molecule has 0 saturated carbocycles. The molecular weight excluding hydrogens is 242 g/mol. The Morgan fingerprint density at radius 1 is 1.37 bits per heavy atom. The molecule has 0 bridgehead atoms. The van der Waals surface area contributed by atoms with Crippen molar-refractivity contribution in [3.8, 4) is 5.75 Å². The normalized spacial score (nSPS) is 13.4. The van der Waals surface area contributed by atoms with Gasteiger partial charge in [-0.25, -0.2) is 0 Å². The molecule has 0 spiro atoms. The van der Waals surface area contributed by atoms with Crippen LogP contribution in [0, 0.1) is 0 Å². The standard InChI is InChI=1S/C14H13N3O2/c15-12-3-1-2-9-4-5-17(13(9)12)14(19)10-6-11(18)8-16-7-10/h1-3,6-8,18H,4-5,15H2. The van der Waals surface area contributed by atoms with Gasteiger partial charge < -0.3 is 15.7 Å². The minimum atomic E-state index is -0.194. The van der Waals surface area contributed by atoms with Crippen molar-refractivity contribution in [2.24, 2.45) is 0 Å². The number of pyridine rings is 1. The van der Waals surface area contributed by atoms with Gasteiger partial charge in [-0.2, -0.15) is 0 Å². The molecule has 0 unspecified atom stereocenters. The van der Waals surface area contributed by atoms with Crippen LogP contribution < -0.4 is 10.6 Å². The van der Waals surface area contributed by atoms with Crippen molar-refractivity contribution in [3.05, 3.63) is 47.8 Å². The van der Waals surface area contributed by atoms with Crippen LogP contribution in [-0.4, -0.2) is 22.5 Å². The lowest BCUT2D eigenvalue weighted by Crippen LogP contribution is -2.29. The van der Waals surface area contributed by atoms with Gasteiger partial charge in [0.2, 0.25) is 0 Å². The SMILES string of the molecule is Nc1cccc2c1N(C(=O)c1cncc(O)c1)CC2. The van der Waals surface area contributed by atoms with Gasteiger partial charge >= 0.3 is 0 Å². The monoisotopic (exact) mass is 255 g/mol. The minimum Gasteiger partial charge on any atom is -0.506 e. The summed E-state index contributed by atoms with van der Waals surface area (Å²) in [5, 5.41) is 9.40. The van der Waals surface area contributed by atoms with Crippen molar-refractivity contribution < 1.29 is 9.90 Å². The second-order valence-corrected chi connectivity index (χ2v) is 4.49. The van der Waals surface area contributed by atoms with E-state index in [1.54, 1.807) is 11.0 Å². The Balaban J connectivity index is 2.00. The van der Waals surface area contributed by atoms with E-state index in [1.165, 1.54) is 18.5 Å². The molecule has 0 radical (unpaired) electrons. The van der Waals surface area contributed by atoms with E-state index < -0.39 is 0 Å². The highest BCUT2D eigenvalue weighted by Crippen LogP contribution is 2.34. The molecule has 1 aromatic heterocycles. The molecule has 0 saturated heterocycles. The number of amides is 1. The number of nitrogens with two attached hydrogens (primary N) is 1. The zero-order valence-electron chi connectivity index (χ0n) is 10.2. The van der Waals surface area contributed by atoms with Crippen LogP contribution in [0.15, 0.2) is 36.7 Å². The first-order chi connectivity index (χ1) is 9.16. The number of nitrogens with zero attached hydrogens (tertiary/aromatic N) is 2. The smallest absolute Gasteiger partial charge is 0.260 e. The van der Waals surface area contributed by atoms with Crippen molar-refractivity contribution in [1.29, 1.82) is 0 Å². The fourth-order valence-corrected chi connectivity index (χ4v) is 2.39. The van der Waals surface area contributed by atoms with E-state index in [0.29, 0.717) is 17.8 Å². The van der Waals surface area contributed by atoms with E-state index in [-0.39, 0.29) is 11.7 Å². The molecular formula is C14H13N3O2. The topological polar surface area (TPSA) is 79.5 Å². The van der Waals surface area contributed by atoms with Gasteiger partial charge in [0, 0.05) is 12.7 Å². The third kappa shape index (κ3) is 1.89. The summed E-state index contributed by atoms with van der Waals surface area (Å²) in [6, 6.07) is 7.05. The summed E-state index contributed by atoms with van der Waals surface area (Å²) >= 11 is 0. The van der Waals surface area contributed by atoms with Crippen molar-refractivity contribution in [2.45, 2.75) is 6.42 Å². The maximum absolute atomic E-state index is 12.4. The fraction of sp³-hybridized carbons (Fsp3) is 0.143. The molecule has 3 N–H and O–H groups in total. The van der Waals surface area contributed by atoms with Gasteiger partial charge in [-0.3, -0.25) is 9.78 Å². The van der Waals surface area contributed by atoms with Crippen LogP contribution in [-0.2, 0) is 6.42 Å². The third-order valence-corrected chi connectivity index (χ3v) is 3.24. The number of anilines is 2. The first-order valence-electron chi connectivity index (χ1n) is 6.00.